The Morgan fingerprint density at radius 2 is 1.79 bits per heavy atom. The molecule has 0 aliphatic rings. The van der Waals surface area contributed by atoms with Crippen molar-refractivity contribution in [2.75, 3.05) is 20.4 Å². The molecule has 1 atom stereocenters. The van der Waals surface area contributed by atoms with Crippen molar-refractivity contribution in [3.63, 3.8) is 0 Å². The first-order valence-electron chi connectivity index (χ1n) is 8.93. The molecule has 0 fully saturated rings. The number of rotatable bonds is 8. The van der Waals surface area contributed by atoms with Gasteiger partial charge < -0.3 is 15.0 Å². The summed E-state index contributed by atoms with van der Waals surface area (Å²) in [5, 5.41) is 2.71. The van der Waals surface area contributed by atoms with Gasteiger partial charge in [0.1, 0.15) is 11.8 Å². The zero-order valence-corrected chi connectivity index (χ0v) is 17.5. The van der Waals surface area contributed by atoms with Gasteiger partial charge in [-0.2, -0.15) is 0 Å². The molecule has 6 heteroatoms. The highest BCUT2D eigenvalue weighted by Gasteiger charge is 2.18. The van der Waals surface area contributed by atoms with Gasteiger partial charge in [-0.3, -0.25) is 9.59 Å². The fourth-order valence-electron chi connectivity index (χ4n) is 2.62. The average Bonchev–Trinajstić information content (AvgIpc) is 2.72. The molecule has 28 heavy (non-hydrogen) atoms. The van der Waals surface area contributed by atoms with Crippen LogP contribution in [0.15, 0.2) is 59.5 Å². The van der Waals surface area contributed by atoms with E-state index in [0.717, 1.165) is 16.9 Å². The number of hydrogen-bond donors (Lipinski definition) is 1. The molecular formula is C22H26N2O3S. The minimum absolute atomic E-state index is 0.139. The van der Waals surface area contributed by atoms with E-state index in [-0.39, 0.29) is 11.8 Å². The molecule has 2 aromatic rings. The Kier molecular flexibility index (Phi) is 8.14. The van der Waals surface area contributed by atoms with Crippen molar-refractivity contribution >= 4 is 29.7 Å². The molecule has 5 nitrogen and oxygen atoms in total. The van der Waals surface area contributed by atoms with Gasteiger partial charge >= 0.3 is 0 Å². The van der Waals surface area contributed by atoms with Gasteiger partial charge in [0.2, 0.25) is 11.8 Å². The number of carbonyl (C=O) groups is 2. The van der Waals surface area contributed by atoms with Gasteiger partial charge in [0.15, 0.2) is 0 Å². The molecular weight excluding hydrogens is 372 g/mol. The topological polar surface area (TPSA) is 58.6 Å². The number of hydrogen-bond acceptors (Lipinski definition) is 4. The van der Waals surface area contributed by atoms with Gasteiger partial charge in [0.25, 0.3) is 0 Å². The number of nitrogens with one attached hydrogen (secondary N) is 1. The van der Waals surface area contributed by atoms with Crippen LogP contribution >= 0.6 is 11.8 Å². The number of nitrogens with zero attached hydrogens (tertiary/aromatic N) is 1. The van der Waals surface area contributed by atoms with Crippen LogP contribution in [0, 0.1) is 0 Å². The molecule has 0 spiro atoms. The highest BCUT2D eigenvalue weighted by Crippen LogP contribution is 2.16. The van der Waals surface area contributed by atoms with Crippen LogP contribution in [0.2, 0.25) is 0 Å². The van der Waals surface area contributed by atoms with Crippen LogP contribution in [0.3, 0.4) is 0 Å². The highest BCUT2D eigenvalue weighted by molar-refractivity contribution is 7.98. The molecule has 2 amide bonds. The Balaban J connectivity index is 1.86. The molecule has 0 bridgehead atoms. The minimum atomic E-state index is -0.608. The quantitative estimate of drug-likeness (QED) is 0.545. The van der Waals surface area contributed by atoms with E-state index in [0.29, 0.717) is 6.54 Å². The standard InChI is InChI=1S/C22H26N2O3S/c1-16(22(26)24(2)15-18-7-12-20(28-4)13-8-18)23-21(25)14-9-17-5-10-19(27-3)11-6-17/h5-14,16H,15H2,1-4H3,(H,23,25)/b14-9+. The molecule has 2 aromatic carbocycles. The van der Waals surface area contributed by atoms with E-state index in [9.17, 15) is 9.59 Å². The molecule has 1 unspecified atom stereocenters. The molecule has 0 radical (unpaired) electrons. The Hall–Kier alpha value is -2.73. The van der Waals surface area contributed by atoms with E-state index in [1.54, 1.807) is 43.8 Å². The van der Waals surface area contributed by atoms with Crippen LogP contribution in [0.1, 0.15) is 18.1 Å². The summed E-state index contributed by atoms with van der Waals surface area (Å²) < 4.78 is 5.10. The number of benzene rings is 2. The fourth-order valence-corrected chi connectivity index (χ4v) is 3.03. The van der Waals surface area contributed by atoms with Crippen LogP contribution in [-0.4, -0.2) is 43.2 Å². The van der Waals surface area contributed by atoms with Gasteiger partial charge in [0, 0.05) is 24.6 Å². The van der Waals surface area contributed by atoms with E-state index < -0.39 is 6.04 Å². The number of carbonyl (C=O) groups excluding carboxylic acids is 2. The maximum absolute atomic E-state index is 12.5. The Bertz CT molecular complexity index is 817. The summed E-state index contributed by atoms with van der Waals surface area (Å²) in [4.78, 5) is 27.4. The largest absolute Gasteiger partial charge is 0.497 e. The summed E-state index contributed by atoms with van der Waals surface area (Å²) in [7, 11) is 3.34. The van der Waals surface area contributed by atoms with Gasteiger partial charge in [-0.05, 0) is 54.6 Å². The van der Waals surface area contributed by atoms with Crippen molar-refractivity contribution < 1.29 is 14.3 Å². The number of ether oxygens (including phenoxy) is 1. The third kappa shape index (κ3) is 6.46. The van der Waals surface area contributed by atoms with Crippen molar-refractivity contribution in [3.8, 4) is 5.75 Å². The van der Waals surface area contributed by atoms with Crippen molar-refractivity contribution in [2.45, 2.75) is 24.4 Å². The van der Waals surface area contributed by atoms with E-state index in [1.807, 2.05) is 54.8 Å². The summed E-state index contributed by atoms with van der Waals surface area (Å²) in [5.74, 6) is 0.307. The van der Waals surface area contributed by atoms with E-state index in [4.69, 9.17) is 4.74 Å². The average molecular weight is 399 g/mol. The van der Waals surface area contributed by atoms with Crippen molar-refractivity contribution in [2.24, 2.45) is 0 Å². The number of likely N-dealkylation sites (N-methyl/N-ethyl adjacent to an activating group) is 1. The van der Waals surface area contributed by atoms with Crippen LogP contribution in [0.25, 0.3) is 6.08 Å². The maximum Gasteiger partial charge on any atom is 0.244 e. The Labute approximate surface area is 170 Å². The van der Waals surface area contributed by atoms with Crippen LogP contribution in [0.4, 0.5) is 0 Å². The SMILES string of the molecule is COc1ccc(/C=C/C(=O)NC(C)C(=O)N(C)Cc2ccc(SC)cc2)cc1. The smallest absolute Gasteiger partial charge is 0.244 e. The second-order valence-corrected chi connectivity index (χ2v) is 7.26. The molecule has 1 N–H and O–H groups in total. The first-order chi connectivity index (χ1) is 13.4. The lowest BCUT2D eigenvalue weighted by Crippen LogP contribution is -2.44. The Morgan fingerprint density at radius 3 is 2.36 bits per heavy atom. The lowest BCUT2D eigenvalue weighted by molar-refractivity contribution is -0.134. The van der Waals surface area contributed by atoms with Crippen molar-refractivity contribution in [1.82, 2.24) is 10.2 Å². The molecule has 0 heterocycles. The van der Waals surface area contributed by atoms with Gasteiger partial charge in [-0.1, -0.05) is 24.3 Å². The highest BCUT2D eigenvalue weighted by atomic mass is 32.2. The molecule has 0 saturated carbocycles. The lowest BCUT2D eigenvalue weighted by atomic mass is 10.2. The zero-order chi connectivity index (χ0) is 20.5. The third-order valence-electron chi connectivity index (χ3n) is 4.23. The van der Waals surface area contributed by atoms with Crippen LogP contribution in [0.5, 0.6) is 5.75 Å². The Morgan fingerprint density at radius 1 is 1.14 bits per heavy atom. The summed E-state index contributed by atoms with van der Waals surface area (Å²) in [6.45, 7) is 2.18. The number of amides is 2. The fraction of sp³-hybridized carbons (Fsp3) is 0.273. The summed E-state index contributed by atoms with van der Waals surface area (Å²) in [6.07, 6.45) is 5.15. The maximum atomic E-state index is 12.5. The second-order valence-electron chi connectivity index (χ2n) is 6.38. The first kappa shape index (κ1) is 21.6. The normalized spacial score (nSPS) is 11.9. The minimum Gasteiger partial charge on any atom is -0.497 e. The third-order valence-corrected chi connectivity index (χ3v) is 4.97. The van der Waals surface area contributed by atoms with E-state index in [1.165, 1.54) is 11.0 Å². The van der Waals surface area contributed by atoms with E-state index in [2.05, 4.69) is 5.32 Å². The summed E-state index contributed by atoms with van der Waals surface area (Å²) in [5.41, 5.74) is 1.92. The van der Waals surface area contributed by atoms with Gasteiger partial charge in [-0.15, -0.1) is 11.8 Å². The van der Waals surface area contributed by atoms with Gasteiger partial charge in [0.05, 0.1) is 7.11 Å². The molecule has 0 saturated heterocycles. The van der Waals surface area contributed by atoms with Gasteiger partial charge in [-0.25, -0.2) is 0 Å². The second kappa shape index (κ2) is 10.6. The van der Waals surface area contributed by atoms with Crippen LogP contribution in [-0.2, 0) is 16.1 Å². The van der Waals surface area contributed by atoms with E-state index >= 15 is 0 Å². The predicted molar refractivity (Wildman–Crippen MR) is 114 cm³/mol. The van der Waals surface area contributed by atoms with Crippen molar-refractivity contribution in [3.05, 3.63) is 65.7 Å². The first-order valence-corrected chi connectivity index (χ1v) is 10.2. The molecule has 0 aromatic heterocycles. The van der Waals surface area contributed by atoms with Crippen molar-refractivity contribution in [1.29, 1.82) is 0 Å². The molecule has 0 aliphatic heterocycles. The lowest BCUT2D eigenvalue weighted by Gasteiger charge is -2.22. The molecule has 148 valence electrons. The number of methoxy groups -OCH3 is 1. The number of thioether (sulfide) groups is 1. The zero-order valence-electron chi connectivity index (χ0n) is 16.6. The molecule has 0 aliphatic carbocycles. The summed E-state index contributed by atoms with van der Waals surface area (Å²) >= 11 is 1.68. The predicted octanol–water partition coefficient (Wildman–Crippen LogP) is 3.59. The van der Waals surface area contributed by atoms with Crippen LogP contribution < -0.4 is 10.1 Å². The molecule has 2 rings (SSSR count). The monoisotopic (exact) mass is 398 g/mol. The summed E-state index contributed by atoms with van der Waals surface area (Å²) in [6, 6.07) is 14.8.